The number of morpholine rings is 1. The topological polar surface area (TPSA) is 88.2 Å². The van der Waals surface area contributed by atoms with Crippen molar-refractivity contribution in [1.82, 2.24) is 4.90 Å². The van der Waals surface area contributed by atoms with Crippen LogP contribution in [0.3, 0.4) is 0 Å². The number of carbonyl (C=O) groups is 1. The molecule has 1 unspecified atom stereocenters. The molecule has 0 radical (unpaired) electrons. The molecule has 0 spiro atoms. The first-order valence-electron chi connectivity index (χ1n) is 7.10. The first kappa shape index (κ1) is 15.3. The maximum absolute atomic E-state index is 12.3. The van der Waals surface area contributed by atoms with Crippen LogP contribution in [0.25, 0.3) is 0 Å². The zero-order valence-corrected chi connectivity index (χ0v) is 12.2. The summed E-state index contributed by atoms with van der Waals surface area (Å²) in [5.74, 6) is 0.167. The molecule has 1 fully saturated rings. The van der Waals surface area contributed by atoms with E-state index in [0.717, 1.165) is 12.0 Å². The van der Waals surface area contributed by atoms with E-state index in [1.165, 1.54) is 0 Å². The lowest BCUT2D eigenvalue weighted by Gasteiger charge is -2.32. The summed E-state index contributed by atoms with van der Waals surface area (Å²) < 4.78 is 5.57. The molecule has 3 N–H and O–H groups in total. The predicted molar refractivity (Wildman–Crippen MR) is 79.3 cm³/mol. The molecule has 0 bridgehead atoms. The van der Waals surface area contributed by atoms with E-state index < -0.39 is 0 Å². The molecule has 6 heteroatoms. The van der Waals surface area contributed by atoms with Crippen molar-refractivity contribution < 1.29 is 14.7 Å². The lowest BCUT2D eigenvalue weighted by molar-refractivity contribution is -0.138. The van der Waals surface area contributed by atoms with Crippen molar-refractivity contribution in [3.63, 3.8) is 0 Å². The second kappa shape index (κ2) is 7.08. The Morgan fingerprint density at radius 2 is 2.19 bits per heavy atom. The van der Waals surface area contributed by atoms with Crippen LogP contribution in [0.5, 0.6) is 0 Å². The number of hydrogen-bond donors (Lipinski definition) is 2. The monoisotopic (exact) mass is 291 g/mol. The van der Waals surface area contributed by atoms with E-state index >= 15 is 0 Å². The van der Waals surface area contributed by atoms with Crippen molar-refractivity contribution >= 4 is 11.7 Å². The van der Waals surface area contributed by atoms with Crippen LogP contribution >= 0.6 is 0 Å². The molecule has 6 nitrogen and oxygen atoms in total. The van der Waals surface area contributed by atoms with Crippen LogP contribution in [0.4, 0.5) is 0 Å². The molecule has 0 aromatic heterocycles. The smallest absolute Gasteiger partial charge is 0.227 e. The zero-order valence-electron chi connectivity index (χ0n) is 12.2. The molecule has 1 saturated heterocycles. The van der Waals surface area contributed by atoms with E-state index in [0.29, 0.717) is 31.7 Å². The molecule has 1 heterocycles. The highest BCUT2D eigenvalue weighted by Gasteiger charge is 2.22. The van der Waals surface area contributed by atoms with Gasteiger partial charge in [0.25, 0.3) is 0 Å². The Hall–Kier alpha value is -2.08. The fraction of sp³-hybridized carbons (Fsp3) is 0.467. The summed E-state index contributed by atoms with van der Waals surface area (Å²) >= 11 is 0. The van der Waals surface area contributed by atoms with Crippen LogP contribution in [0.2, 0.25) is 0 Å². The van der Waals surface area contributed by atoms with Gasteiger partial charge in [-0.25, -0.2) is 0 Å². The van der Waals surface area contributed by atoms with Gasteiger partial charge in [-0.2, -0.15) is 0 Å². The Bertz CT molecular complexity index is 513. The third-order valence-electron chi connectivity index (χ3n) is 3.66. The van der Waals surface area contributed by atoms with E-state index in [1.54, 1.807) is 12.1 Å². The van der Waals surface area contributed by atoms with Crippen molar-refractivity contribution in [3.8, 4) is 0 Å². The number of nitrogens with zero attached hydrogens (tertiary/aromatic N) is 2. The van der Waals surface area contributed by atoms with Crippen LogP contribution in [0.15, 0.2) is 29.4 Å². The van der Waals surface area contributed by atoms with Crippen molar-refractivity contribution in [1.29, 1.82) is 0 Å². The highest BCUT2D eigenvalue weighted by molar-refractivity contribution is 5.97. The van der Waals surface area contributed by atoms with Crippen molar-refractivity contribution in [2.24, 2.45) is 10.9 Å². The van der Waals surface area contributed by atoms with Gasteiger partial charge in [0.05, 0.1) is 19.1 Å². The van der Waals surface area contributed by atoms with Crippen molar-refractivity contribution in [3.05, 3.63) is 35.4 Å². The van der Waals surface area contributed by atoms with Crippen LogP contribution < -0.4 is 5.73 Å². The summed E-state index contributed by atoms with van der Waals surface area (Å²) in [6.45, 7) is 3.98. The number of benzene rings is 1. The molecular formula is C15H21N3O3. The van der Waals surface area contributed by atoms with Gasteiger partial charge in [-0.1, -0.05) is 36.3 Å². The minimum Gasteiger partial charge on any atom is -0.409 e. The number of hydrogen-bond acceptors (Lipinski definition) is 4. The van der Waals surface area contributed by atoms with Gasteiger partial charge in [-0.05, 0) is 12.0 Å². The highest BCUT2D eigenvalue weighted by Crippen LogP contribution is 2.11. The molecule has 1 atom stereocenters. The fourth-order valence-corrected chi connectivity index (χ4v) is 2.33. The Morgan fingerprint density at radius 3 is 2.81 bits per heavy atom. The Kier molecular flexibility index (Phi) is 5.16. The highest BCUT2D eigenvalue weighted by atomic mass is 16.5. The summed E-state index contributed by atoms with van der Waals surface area (Å²) in [7, 11) is 0. The normalized spacial score (nSPS) is 19.6. The zero-order chi connectivity index (χ0) is 15.2. The molecule has 1 aromatic carbocycles. The quantitative estimate of drug-likeness (QED) is 0.374. The first-order chi connectivity index (χ1) is 10.1. The molecule has 1 aromatic rings. The maximum Gasteiger partial charge on any atom is 0.227 e. The second-order valence-corrected chi connectivity index (χ2v) is 5.10. The largest absolute Gasteiger partial charge is 0.409 e. The van der Waals surface area contributed by atoms with Gasteiger partial charge < -0.3 is 20.6 Å². The van der Waals surface area contributed by atoms with Crippen molar-refractivity contribution in [2.75, 3.05) is 19.7 Å². The summed E-state index contributed by atoms with van der Waals surface area (Å²) in [5.41, 5.74) is 7.05. The van der Waals surface area contributed by atoms with Gasteiger partial charge in [-0.3, -0.25) is 4.79 Å². The van der Waals surface area contributed by atoms with Gasteiger partial charge in [-0.15, -0.1) is 0 Å². The number of ether oxygens (including phenoxy) is 1. The van der Waals surface area contributed by atoms with E-state index in [4.69, 9.17) is 15.7 Å². The van der Waals surface area contributed by atoms with Crippen LogP contribution in [-0.4, -0.2) is 47.7 Å². The lowest BCUT2D eigenvalue weighted by atomic mass is 10.1. The van der Waals surface area contributed by atoms with E-state index in [1.807, 2.05) is 17.0 Å². The maximum atomic E-state index is 12.3. The van der Waals surface area contributed by atoms with Crippen LogP contribution in [0.1, 0.15) is 24.5 Å². The van der Waals surface area contributed by atoms with Gasteiger partial charge in [0.1, 0.15) is 0 Å². The molecule has 1 aliphatic heterocycles. The predicted octanol–water partition coefficient (Wildman–Crippen LogP) is 0.961. The van der Waals surface area contributed by atoms with Gasteiger partial charge in [0.15, 0.2) is 5.84 Å². The molecule has 21 heavy (non-hydrogen) atoms. The first-order valence-corrected chi connectivity index (χ1v) is 7.10. The minimum absolute atomic E-state index is 0.0619. The SMILES string of the molecule is CCC1CN(C(=O)Cc2ccc(C(N)=NO)cc2)CCO1. The van der Waals surface area contributed by atoms with Crippen LogP contribution in [0, 0.1) is 0 Å². The molecule has 0 saturated carbocycles. The Morgan fingerprint density at radius 1 is 1.48 bits per heavy atom. The Balaban J connectivity index is 1.96. The molecule has 2 rings (SSSR count). The van der Waals surface area contributed by atoms with Gasteiger partial charge >= 0.3 is 0 Å². The van der Waals surface area contributed by atoms with Gasteiger partial charge in [0, 0.05) is 18.7 Å². The average Bonchev–Trinajstić information content (AvgIpc) is 2.54. The number of carbonyl (C=O) groups excluding carboxylic acids is 1. The lowest BCUT2D eigenvalue weighted by Crippen LogP contribution is -2.45. The van der Waals surface area contributed by atoms with Gasteiger partial charge in [0.2, 0.25) is 5.91 Å². The fourth-order valence-electron chi connectivity index (χ4n) is 2.33. The second-order valence-electron chi connectivity index (χ2n) is 5.10. The third-order valence-corrected chi connectivity index (χ3v) is 3.66. The summed E-state index contributed by atoms with van der Waals surface area (Å²) in [5, 5.41) is 11.6. The van der Waals surface area contributed by atoms with E-state index in [9.17, 15) is 4.79 Å². The number of amides is 1. The average molecular weight is 291 g/mol. The Labute approximate surface area is 124 Å². The third kappa shape index (κ3) is 3.95. The molecule has 0 aliphatic carbocycles. The number of nitrogens with two attached hydrogens (primary N) is 1. The standard InChI is InChI=1S/C15H21N3O3/c1-2-13-10-18(7-8-21-13)14(19)9-11-3-5-12(6-4-11)15(16)17-20/h3-6,13,20H,2,7-10H2,1H3,(H2,16,17). The number of amidine groups is 1. The summed E-state index contributed by atoms with van der Waals surface area (Å²) in [6, 6.07) is 7.13. The summed E-state index contributed by atoms with van der Waals surface area (Å²) in [4.78, 5) is 14.1. The molecule has 1 amide bonds. The van der Waals surface area contributed by atoms with Crippen LogP contribution in [-0.2, 0) is 16.0 Å². The van der Waals surface area contributed by atoms with Crippen molar-refractivity contribution in [2.45, 2.75) is 25.9 Å². The number of oxime groups is 1. The summed E-state index contributed by atoms with van der Waals surface area (Å²) in [6.07, 6.45) is 1.41. The van der Waals surface area contributed by atoms with E-state index in [2.05, 4.69) is 12.1 Å². The number of rotatable bonds is 4. The molecule has 1 aliphatic rings. The molecule has 114 valence electrons. The van der Waals surface area contributed by atoms with E-state index in [-0.39, 0.29) is 17.8 Å². The molecular weight excluding hydrogens is 270 g/mol. The minimum atomic E-state index is 0.0619.